The van der Waals surface area contributed by atoms with E-state index >= 15 is 0 Å². The predicted octanol–water partition coefficient (Wildman–Crippen LogP) is 4.98. The average molecular weight is 389 g/mol. The average Bonchev–Trinajstić information content (AvgIpc) is 3.12. The lowest BCUT2D eigenvalue weighted by Crippen LogP contribution is -2.16. The molecule has 1 unspecified atom stereocenters. The lowest BCUT2D eigenvalue weighted by Gasteiger charge is -2.27. The van der Waals surface area contributed by atoms with E-state index < -0.39 is 23.7 Å². The van der Waals surface area contributed by atoms with E-state index in [0.717, 1.165) is 35.1 Å². The fourth-order valence-electron chi connectivity index (χ4n) is 2.91. The Labute approximate surface area is 156 Å². The van der Waals surface area contributed by atoms with Gasteiger partial charge in [-0.25, -0.2) is 18.6 Å². The zero-order chi connectivity index (χ0) is 19.0. The number of aromatic carboxylic acids is 1. The summed E-state index contributed by atoms with van der Waals surface area (Å²) in [7, 11) is 0. The number of hydrogen-bond acceptors (Lipinski definition) is 5. The summed E-state index contributed by atoms with van der Waals surface area (Å²) in [6.07, 6.45) is 1.78. The van der Waals surface area contributed by atoms with E-state index in [4.69, 9.17) is 14.6 Å². The van der Waals surface area contributed by atoms with Crippen LogP contribution in [0.1, 0.15) is 33.3 Å². The smallest absolute Gasteiger partial charge is 0.347 e. The summed E-state index contributed by atoms with van der Waals surface area (Å²) in [5.74, 6) is -0.986. The molecule has 27 heavy (non-hydrogen) atoms. The number of hydrogen-bond donors (Lipinski definition) is 1. The van der Waals surface area contributed by atoms with Gasteiger partial charge < -0.3 is 14.6 Å². The minimum absolute atomic E-state index is 0.0891. The molecule has 2 heterocycles. The summed E-state index contributed by atoms with van der Waals surface area (Å²) in [6, 6.07) is 8.46. The van der Waals surface area contributed by atoms with Gasteiger partial charge in [-0.1, -0.05) is 11.3 Å². The largest absolute Gasteiger partial charge is 0.485 e. The van der Waals surface area contributed by atoms with Crippen molar-refractivity contribution < 1.29 is 28.2 Å². The highest BCUT2D eigenvalue weighted by molar-refractivity contribution is 7.15. The van der Waals surface area contributed by atoms with Crippen LogP contribution in [0.15, 0.2) is 42.6 Å². The number of aromatic nitrogens is 1. The van der Waals surface area contributed by atoms with Crippen molar-refractivity contribution in [1.29, 1.82) is 0 Å². The minimum atomic E-state index is -1.06. The lowest BCUT2D eigenvalue weighted by molar-refractivity contribution is 0.0702. The van der Waals surface area contributed by atoms with Gasteiger partial charge in [0.1, 0.15) is 34.1 Å². The number of carboxylic acid groups (broad SMARTS) is 1. The first-order valence-electron chi connectivity index (χ1n) is 8.11. The maximum Gasteiger partial charge on any atom is 0.347 e. The van der Waals surface area contributed by atoms with E-state index in [-0.39, 0.29) is 15.6 Å². The fraction of sp³-hybridized carbons (Fsp3) is 0.158. The van der Waals surface area contributed by atoms with Gasteiger partial charge in [-0.15, -0.1) is 0 Å². The van der Waals surface area contributed by atoms with Crippen molar-refractivity contribution in [2.24, 2.45) is 0 Å². The molecule has 0 saturated heterocycles. The third-order valence-corrected chi connectivity index (χ3v) is 5.05. The summed E-state index contributed by atoms with van der Waals surface area (Å²) in [6.45, 7) is 0. The first-order valence-corrected chi connectivity index (χ1v) is 8.93. The highest BCUT2D eigenvalue weighted by atomic mass is 32.1. The number of carbonyl (C=O) groups is 1. The monoisotopic (exact) mass is 389 g/mol. The van der Waals surface area contributed by atoms with Crippen LogP contribution in [0.5, 0.6) is 16.7 Å². The zero-order valence-electron chi connectivity index (χ0n) is 13.8. The van der Waals surface area contributed by atoms with E-state index in [1.807, 2.05) is 0 Å². The number of aryl methyl sites for hydroxylation is 1. The molecule has 138 valence electrons. The summed E-state index contributed by atoms with van der Waals surface area (Å²) in [5, 5.41) is 9.15. The van der Waals surface area contributed by atoms with Crippen molar-refractivity contribution in [3.05, 3.63) is 70.2 Å². The Morgan fingerprint density at radius 3 is 2.89 bits per heavy atom. The molecule has 0 saturated carbocycles. The highest BCUT2D eigenvalue weighted by Gasteiger charge is 2.25. The highest BCUT2D eigenvalue weighted by Crippen LogP contribution is 2.38. The van der Waals surface area contributed by atoms with Crippen molar-refractivity contribution in [1.82, 2.24) is 4.98 Å². The molecule has 2 aromatic carbocycles. The number of benzene rings is 2. The molecule has 0 fully saturated rings. The Hall–Kier alpha value is -3.00. The van der Waals surface area contributed by atoms with E-state index in [1.54, 1.807) is 18.2 Å². The first kappa shape index (κ1) is 17.4. The van der Waals surface area contributed by atoms with E-state index in [2.05, 4.69) is 4.98 Å². The molecule has 3 aromatic rings. The number of fused-ring (bicyclic) bond motifs is 1. The number of carboxylic acids is 1. The van der Waals surface area contributed by atoms with Crippen LogP contribution >= 0.6 is 11.3 Å². The van der Waals surface area contributed by atoms with Gasteiger partial charge in [0.2, 0.25) is 0 Å². The van der Waals surface area contributed by atoms with Crippen LogP contribution in [0, 0.1) is 11.6 Å². The summed E-state index contributed by atoms with van der Waals surface area (Å²) in [5.41, 5.74) is 1.07. The van der Waals surface area contributed by atoms with Gasteiger partial charge in [0.15, 0.2) is 0 Å². The van der Waals surface area contributed by atoms with Gasteiger partial charge in [0.05, 0.1) is 6.20 Å². The van der Waals surface area contributed by atoms with Crippen molar-refractivity contribution >= 4 is 17.3 Å². The molecule has 0 aliphatic carbocycles. The second-order valence-corrected chi connectivity index (χ2v) is 6.97. The standard InChI is InChI=1S/C19H13F2NO4S/c20-11-2-4-14(21)13(8-11)16-5-1-10-7-12(3-6-15(10)26-16)25-19-22-9-17(27-19)18(23)24/h2-4,6-9,16H,1,5H2,(H,23,24). The van der Waals surface area contributed by atoms with Crippen LogP contribution in [-0.4, -0.2) is 16.1 Å². The van der Waals surface area contributed by atoms with Crippen LogP contribution in [-0.2, 0) is 6.42 Å². The van der Waals surface area contributed by atoms with Gasteiger partial charge in [0, 0.05) is 5.56 Å². The zero-order valence-corrected chi connectivity index (χ0v) is 14.6. The SMILES string of the molecule is O=C(O)c1cnc(Oc2ccc3c(c2)CCC(c2cc(F)ccc2F)O3)s1. The van der Waals surface area contributed by atoms with Crippen LogP contribution < -0.4 is 9.47 Å². The molecule has 4 rings (SSSR count). The maximum atomic E-state index is 14.0. The Balaban J connectivity index is 1.52. The Morgan fingerprint density at radius 2 is 2.11 bits per heavy atom. The van der Waals surface area contributed by atoms with Crippen LogP contribution in [0.3, 0.4) is 0 Å². The van der Waals surface area contributed by atoms with Crippen LogP contribution in [0.25, 0.3) is 0 Å². The number of ether oxygens (including phenoxy) is 2. The molecule has 1 atom stereocenters. The van der Waals surface area contributed by atoms with Gasteiger partial charge in [-0.3, -0.25) is 0 Å². The number of nitrogens with zero attached hydrogens (tertiary/aromatic N) is 1. The van der Waals surface area contributed by atoms with Crippen molar-refractivity contribution in [3.63, 3.8) is 0 Å². The molecule has 1 aliphatic rings. The van der Waals surface area contributed by atoms with E-state index in [0.29, 0.717) is 24.3 Å². The summed E-state index contributed by atoms with van der Waals surface area (Å²) < 4.78 is 38.9. The molecule has 8 heteroatoms. The van der Waals surface area contributed by atoms with Crippen LogP contribution in [0.2, 0.25) is 0 Å². The molecule has 0 radical (unpaired) electrons. The minimum Gasteiger partial charge on any atom is -0.485 e. The first-order chi connectivity index (χ1) is 13.0. The predicted molar refractivity (Wildman–Crippen MR) is 93.6 cm³/mol. The normalized spacial score (nSPS) is 15.7. The third kappa shape index (κ3) is 3.61. The molecule has 1 aromatic heterocycles. The number of rotatable bonds is 4. The molecule has 1 aliphatic heterocycles. The molecule has 1 N–H and O–H groups in total. The molecule has 0 spiro atoms. The second kappa shape index (κ2) is 6.96. The number of halogens is 2. The Kier molecular flexibility index (Phi) is 4.49. The molecular weight excluding hydrogens is 376 g/mol. The van der Waals surface area contributed by atoms with E-state index in [1.165, 1.54) is 6.20 Å². The lowest BCUT2D eigenvalue weighted by atomic mass is 9.97. The summed E-state index contributed by atoms with van der Waals surface area (Å²) in [4.78, 5) is 14.9. The van der Waals surface area contributed by atoms with Gasteiger partial charge in [-0.2, -0.15) is 0 Å². The van der Waals surface area contributed by atoms with Crippen LogP contribution in [0.4, 0.5) is 8.78 Å². The van der Waals surface area contributed by atoms with Gasteiger partial charge in [0.25, 0.3) is 5.19 Å². The number of thiazole rings is 1. The second-order valence-electron chi connectivity index (χ2n) is 5.98. The van der Waals surface area contributed by atoms with E-state index in [9.17, 15) is 13.6 Å². The van der Waals surface area contributed by atoms with Crippen molar-refractivity contribution in [2.45, 2.75) is 18.9 Å². The third-order valence-electron chi connectivity index (χ3n) is 4.18. The fourth-order valence-corrected chi connectivity index (χ4v) is 3.54. The van der Waals surface area contributed by atoms with Gasteiger partial charge >= 0.3 is 5.97 Å². The maximum absolute atomic E-state index is 14.0. The summed E-state index contributed by atoms with van der Waals surface area (Å²) >= 11 is 0.933. The van der Waals surface area contributed by atoms with Crippen molar-refractivity contribution in [3.8, 4) is 16.7 Å². The molecule has 5 nitrogen and oxygen atoms in total. The van der Waals surface area contributed by atoms with Gasteiger partial charge in [-0.05, 0) is 54.8 Å². The molecule has 0 amide bonds. The topological polar surface area (TPSA) is 68.7 Å². The molecule has 0 bridgehead atoms. The quantitative estimate of drug-likeness (QED) is 0.682. The Bertz CT molecular complexity index is 1020. The Morgan fingerprint density at radius 1 is 1.26 bits per heavy atom. The molecular formula is C19H13F2NO4S. The van der Waals surface area contributed by atoms with Crippen molar-refractivity contribution in [2.75, 3.05) is 0 Å².